The quantitative estimate of drug-likeness (QED) is 0.588. The highest BCUT2D eigenvalue weighted by Gasteiger charge is 2.10. The van der Waals surface area contributed by atoms with E-state index >= 15 is 0 Å². The predicted octanol–water partition coefficient (Wildman–Crippen LogP) is 2.34. The molecule has 0 atom stereocenters. The largest absolute Gasteiger partial charge is 0.434 e. The summed E-state index contributed by atoms with van der Waals surface area (Å²) in [6, 6.07) is 12.5. The fourth-order valence-corrected chi connectivity index (χ4v) is 3.10. The Balaban J connectivity index is 1.83. The van der Waals surface area contributed by atoms with Crippen LogP contribution in [-0.4, -0.2) is 28.1 Å². The normalized spacial score (nSPS) is 11.3. The number of nitrogens with one attached hydrogen (secondary N) is 3. The average Bonchev–Trinajstić information content (AvgIpc) is 2.66. The molecule has 0 saturated heterocycles. The smallest absolute Gasteiger partial charge is 0.387 e. The highest BCUT2D eigenvalue weighted by molar-refractivity contribution is 7.88. The van der Waals surface area contributed by atoms with E-state index < -0.39 is 22.7 Å². The number of para-hydroxylation sites is 1. The summed E-state index contributed by atoms with van der Waals surface area (Å²) in [7, 11) is -1.99. The highest BCUT2D eigenvalue weighted by Crippen LogP contribution is 2.19. The van der Waals surface area contributed by atoms with Gasteiger partial charge < -0.3 is 15.4 Å². The van der Waals surface area contributed by atoms with Crippen molar-refractivity contribution in [3.63, 3.8) is 0 Å². The number of ether oxygens (including phenoxy) is 1. The molecule has 2 aromatic rings. The van der Waals surface area contributed by atoms with E-state index in [9.17, 15) is 22.0 Å². The molecule has 0 unspecified atom stereocenters. The van der Waals surface area contributed by atoms with Crippen LogP contribution in [0.5, 0.6) is 5.75 Å². The van der Waals surface area contributed by atoms with Crippen LogP contribution in [-0.2, 0) is 28.9 Å². The van der Waals surface area contributed by atoms with Gasteiger partial charge in [-0.2, -0.15) is 8.78 Å². The molecule has 0 aliphatic rings. The fourth-order valence-electron chi connectivity index (χ4n) is 2.33. The minimum atomic E-state index is -3.34. The molecule has 152 valence electrons. The predicted molar refractivity (Wildman–Crippen MR) is 100 cm³/mol. The van der Waals surface area contributed by atoms with E-state index in [2.05, 4.69) is 20.1 Å². The lowest BCUT2D eigenvalue weighted by Crippen LogP contribution is -2.34. The summed E-state index contributed by atoms with van der Waals surface area (Å²) in [5, 5.41) is 5.21. The number of carbonyl (C=O) groups is 1. The highest BCUT2D eigenvalue weighted by atomic mass is 32.2. The van der Waals surface area contributed by atoms with Crippen LogP contribution in [0, 0.1) is 0 Å². The molecule has 28 heavy (non-hydrogen) atoms. The number of urea groups is 1. The van der Waals surface area contributed by atoms with Gasteiger partial charge in [-0.15, -0.1) is 0 Å². The van der Waals surface area contributed by atoms with Gasteiger partial charge in [0.05, 0.1) is 5.75 Å². The van der Waals surface area contributed by atoms with Gasteiger partial charge in [0.2, 0.25) is 10.0 Å². The molecular weight excluding hydrogens is 392 g/mol. The second-order valence-electron chi connectivity index (χ2n) is 5.80. The molecular formula is C18H21F2N3O4S. The molecule has 7 nitrogen and oxygen atoms in total. The lowest BCUT2D eigenvalue weighted by Gasteiger charge is -2.12. The van der Waals surface area contributed by atoms with Crippen molar-refractivity contribution in [1.29, 1.82) is 0 Å². The lowest BCUT2D eigenvalue weighted by molar-refractivity contribution is -0.0504. The second kappa shape index (κ2) is 10.00. The number of sulfonamides is 1. The molecule has 0 heterocycles. The van der Waals surface area contributed by atoms with E-state index in [-0.39, 0.29) is 24.6 Å². The maximum absolute atomic E-state index is 12.4. The molecule has 0 aliphatic carbocycles. The van der Waals surface area contributed by atoms with Crippen LogP contribution < -0.4 is 20.1 Å². The Morgan fingerprint density at radius 2 is 1.61 bits per heavy atom. The Morgan fingerprint density at radius 1 is 1.00 bits per heavy atom. The molecule has 0 spiro atoms. The topological polar surface area (TPSA) is 96.5 Å². The number of rotatable bonds is 9. The van der Waals surface area contributed by atoms with Crippen molar-refractivity contribution in [1.82, 2.24) is 15.4 Å². The molecule has 0 aliphatic heterocycles. The fraction of sp³-hybridized carbons (Fsp3) is 0.278. The number of halogens is 2. The van der Waals surface area contributed by atoms with Gasteiger partial charge in [-0.1, -0.05) is 42.5 Å². The summed E-state index contributed by atoms with van der Waals surface area (Å²) in [5.41, 5.74) is 1.83. The maximum atomic E-state index is 12.4. The van der Waals surface area contributed by atoms with E-state index in [1.165, 1.54) is 13.1 Å². The van der Waals surface area contributed by atoms with Crippen molar-refractivity contribution < 1.29 is 26.7 Å². The lowest BCUT2D eigenvalue weighted by atomic mass is 10.1. The molecule has 0 aromatic heterocycles. The molecule has 3 N–H and O–H groups in total. The van der Waals surface area contributed by atoms with Crippen LogP contribution in [0.3, 0.4) is 0 Å². The van der Waals surface area contributed by atoms with Gasteiger partial charge in [0.25, 0.3) is 0 Å². The summed E-state index contributed by atoms with van der Waals surface area (Å²) >= 11 is 0. The van der Waals surface area contributed by atoms with Crippen molar-refractivity contribution in [2.24, 2.45) is 0 Å². The van der Waals surface area contributed by atoms with Crippen LogP contribution in [0.25, 0.3) is 0 Å². The summed E-state index contributed by atoms with van der Waals surface area (Å²) in [5.74, 6) is -0.123. The Morgan fingerprint density at radius 3 is 2.25 bits per heavy atom. The van der Waals surface area contributed by atoms with Gasteiger partial charge in [0.15, 0.2) is 0 Å². The van der Waals surface area contributed by atoms with Gasteiger partial charge >= 0.3 is 12.6 Å². The van der Waals surface area contributed by atoms with Gasteiger partial charge in [0, 0.05) is 18.7 Å². The SMILES string of the molecule is CNS(=O)(=O)Cc1ccc(CNC(=O)NCc2ccccc2OC(F)F)cc1. The summed E-state index contributed by atoms with van der Waals surface area (Å²) in [6.07, 6.45) is 0. The van der Waals surface area contributed by atoms with E-state index in [0.29, 0.717) is 11.1 Å². The van der Waals surface area contributed by atoms with Crippen molar-refractivity contribution in [3.05, 3.63) is 65.2 Å². The Kier molecular flexibility index (Phi) is 7.70. The third-order valence-corrected chi connectivity index (χ3v) is 5.11. The summed E-state index contributed by atoms with van der Waals surface area (Å²) in [4.78, 5) is 11.9. The van der Waals surface area contributed by atoms with Crippen LogP contribution >= 0.6 is 0 Å². The maximum Gasteiger partial charge on any atom is 0.387 e. The third kappa shape index (κ3) is 7.12. The first-order chi connectivity index (χ1) is 13.3. The zero-order valence-electron chi connectivity index (χ0n) is 15.1. The first-order valence-electron chi connectivity index (χ1n) is 8.32. The van der Waals surface area contributed by atoms with E-state index in [4.69, 9.17) is 0 Å². The van der Waals surface area contributed by atoms with Crippen molar-refractivity contribution in [2.75, 3.05) is 7.05 Å². The second-order valence-corrected chi connectivity index (χ2v) is 7.73. The monoisotopic (exact) mass is 413 g/mol. The molecule has 2 rings (SSSR count). The molecule has 2 aromatic carbocycles. The Labute approximate surface area is 162 Å². The van der Waals surface area contributed by atoms with Crippen molar-refractivity contribution >= 4 is 16.1 Å². The number of carbonyl (C=O) groups excluding carboxylic acids is 1. The number of amides is 2. The number of hydrogen-bond donors (Lipinski definition) is 3. The minimum Gasteiger partial charge on any atom is -0.434 e. The molecule has 0 saturated carbocycles. The van der Waals surface area contributed by atoms with E-state index in [0.717, 1.165) is 5.56 Å². The van der Waals surface area contributed by atoms with Crippen LogP contribution in [0.15, 0.2) is 48.5 Å². The van der Waals surface area contributed by atoms with Crippen LogP contribution in [0.4, 0.5) is 13.6 Å². The van der Waals surface area contributed by atoms with E-state index in [1.807, 2.05) is 0 Å². The number of hydrogen-bond acceptors (Lipinski definition) is 4. The average molecular weight is 413 g/mol. The standard InChI is InChI=1S/C18H21F2N3O4S/c1-21-28(25,26)12-14-8-6-13(7-9-14)10-22-18(24)23-11-15-4-2-3-5-16(15)27-17(19)20/h2-9,17,21H,10-12H2,1H3,(H2,22,23,24). The Hall–Kier alpha value is -2.72. The first-order valence-corrected chi connectivity index (χ1v) is 9.98. The van der Waals surface area contributed by atoms with Crippen LogP contribution in [0.2, 0.25) is 0 Å². The van der Waals surface area contributed by atoms with Gasteiger partial charge in [0.1, 0.15) is 5.75 Å². The third-order valence-electron chi connectivity index (χ3n) is 3.77. The molecule has 0 radical (unpaired) electrons. The van der Waals surface area contributed by atoms with Crippen molar-refractivity contribution in [3.8, 4) is 5.75 Å². The molecule has 2 amide bonds. The van der Waals surface area contributed by atoms with E-state index in [1.54, 1.807) is 42.5 Å². The van der Waals surface area contributed by atoms with Crippen molar-refractivity contribution in [2.45, 2.75) is 25.5 Å². The van der Waals surface area contributed by atoms with Gasteiger partial charge in [-0.25, -0.2) is 17.9 Å². The number of alkyl halides is 2. The van der Waals surface area contributed by atoms with Gasteiger partial charge in [-0.05, 0) is 24.2 Å². The summed E-state index contributed by atoms with van der Waals surface area (Å²) in [6.45, 7) is -2.70. The first kappa shape index (κ1) is 21.6. The minimum absolute atomic E-state index is 0.00455. The zero-order chi connectivity index (χ0) is 20.6. The number of benzene rings is 2. The summed E-state index contributed by atoms with van der Waals surface area (Å²) < 4.78 is 54.5. The molecule has 0 fully saturated rings. The zero-order valence-corrected chi connectivity index (χ0v) is 15.9. The van der Waals surface area contributed by atoms with Crippen LogP contribution in [0.1, 0.15) is 16.7 Å². The molecule has 0 bridgehead atoms. The molecule has 10 heteroatoms. The van der Waals surface area contributed by atoms with Gasteiger partial charge in [-0.3, -0.25) is 0 Å². The Bertz CT molecular complexity index is 890.